The number of rotatable bonds is 2. The monoisotopic (exact) mass is 215 g/mol. The topological polar surface area (TPSA) is 63.3 Å². The fraction of sp³-hybridized carbons (Fsp3) is 0.300. The molecular weight excluding hydrogens is 204 g/mol. The smallest absolute Gasteiger partial charge is 0.338 e. The number of aromatic carboxylic acids is 1. The van der Waals surface area contributed by atoms with Crippen LogP contribution in [0, 0.1) is 11.6 Å². The Morgan fingerprint density at radius 1 is 1.33 bits per heavy atom. The van der Waals surface area contributed by atoms with Crippen molar-refractivity contribution in [1.82, 2.24) is 0 Å². The largest absolute Gasteiger partial charge is 0.478 e. The number of hydrogen-bond acceptors (Lipinski definition) is 2. The fourth-order valence-corrected chi connectivity index (χ4v) is 1.21. The zero-order valence-corrected chi connectivity index (χ0v) is 8.34. The molecule has 0 saturated heterocycles. The number of nitrogens with two attached hydrogens (primary N) is 1. The first-order valence-electron chi connectivity index (χ1n) is 4.26. The van der Waals surface area contributed by atoms with Crippen LogP contribution in [0.3, 0.4) is 0 Å². The molecule has 1 aromatic rings. The van der Waals surface area contributed by atoms with Crippen LogP contribution in [0.1, 0.15) is 29.8 Å². The van der Waals surface area contributed by atoms with Gasteiger partial charge < -0.3 is 10.8 Å². The molecule has 0 atom stereocenters. The Hall–Kier alpha value is -1.49. The molecule has 1 rings (SSSR count). The molecule has 0 aliphatic carbocycles. The van der Waals surface area contributed by atoms with Crippen LogP contribution in [-0.4, -0.2) is 11.1 Å². The van der Waals surface area contributed by atoms with Gasteiger partial charge in [0.05, 0.1) is 5.56 Å². The van der Waals surface area contributed by atoms with E-state index >= 15 is 0 Å². The Labute approximate surface area is 85.5 Å². The highest BCUT2D eigenvalue weighted by Crippen LogP contribution is 2.24. The van der Waals surface area contributed by atoms with Gasteiger partial charge >= 0.3 is 5.97 Å². The third kappa shape index (κ3) is 2.12. The van der Waals surface area contributed by atoms with E-state index in [2.05, 4.69) is 0 Å². The normalized spacial score (nSPS) is 11.5. The van der Waals surface area contributed by atoms with Crippen LogP contribution in [0.25, 0.3) is 0 Å². The lowest BCUT2D eigenvalue weighted by Gasteiger charge is -2.20. The van der Waals surface area contributed by atoms with Crippen LogP contribution < -0.4 is 5.73 Å². The number of carboxylic acid groups (broad SMARTS) is 1. The molecule has 0 heterocycles. The second-order valence-electron chi connectivity index (χ2n) is 3.82. The van der Waals surface area contributed by atoms with Crippen molar-refractivity contribution in [2.24, 2.45) is 5.73 Å². The first-order valence-corrected chi connectivity index (χ1v) is 4.26. The van der Waals surface area contributed by atoms with Gasteiger partial charge in [-0.3, -0.25) is 0 Å². The summed E-state index contributed by atoms with van der Waals surface area (Å²) in [6.07, 6.45) is 0. The zero-order chi connectivity index (χ0) is 11.8. The molecule has 82 valence electrons. The van der Waals surface area contributed by atoms with E-state index in [4.69, 9.17) is 10.8 Å². The van der Waals surface area contributed by atoms with E-state index in [9.17, 15) is 13.6 Å². The molecule has 5 heteroatoms. The van der Waals surface area contributed by atoms with E-state index in [1.165, 1.54) is 19.9 Å². The van der Waals surface area contributed by atoms with E-state index < -0.39 is 28.7 Å². The van der Waals surface area contributed by atoms with Gasteiger partial charge in [0.2, 0.25) is 0 Å². The summed E-state index contributed by atoms with van der Waals surface area (Å²) < 4.78 is 26.6. The van der Waals surface area contributed by atoms with E-state index in [0.717, 1.165) is 6.07 Å². The second kappa shape index (κ2) is 3.58. The van der Waals surface area contributed by atoms with Crippen LogP contribution in [0.2, 0.25) is 0 Å². The summed E-state index contributed by atoms with van der Waals surface area (Å²) in [6, 6.07) is 2.19. The predicted molar refractivity (Wildman–Crippen MR) is 50.5 cm³/mol. The highest BCUT2D eigenvalue weighted by molar-refractivity contribution is 5.88. The Balaban J connectivity index is 3.41. The van der Waals surface area contributed by atoms with E-state index in [-0.39, 0.29) is 5.56 Å². The molecule has 0 radical (unpaired) electrons. The Morgan fingerprint density at radius 2 is 1.87 bits per heavy atom. The summed E-state index contributed by atoms with van der Waals surface area (Å²) in [6.45, 7) is 3.01. The minimum Gasteiger partial charge on any atom is -0.478 e. The molecule has 0 fully saturated rings. The number of hydrogen-bond donors (Lipinski definition) is 2. The maximum atomic E-state index is 13.4. The Morgan fingerprint density at radius 3 is 2.27 bits per heavy atom. The third-order valence-electron chi connectivity index (χ3n) is 2.01. The van der Waals surface area contributed by atoms with E-state index in [1.807, 2.05) is 0 Å². The van der Waals surface area contributed by atoms with Crippen molar-refractivity contribution in [3.05, 3.63) is 34.9 Å². The molecule has 3 N–H and O–H groups in total. The minimum absolute atomic E-state index is 0.0509. The lowest BCUT2D eigenvalue weighted by atomic mass is 9.94. The maximum Gasteiger partial charge on any atom is 0.338 e. The predicted octanol–water partition coefficient (Wildman–Crippen LogP) is 1.86. The maximum absolute atomic E-state index is 13.4. The minimum atomic E-state index is -1.51. The van der Waals surface area contributed by atoms with Gasteiger partial charge in [-0.25, -0.2) is 13.6 Å². The van der Waals surface area contributed by atoms with Gasteiger partial charge in [-0.1, -0.05) is 6.07 Å². The number of carboxylic acids is 1. The van der Waals surface area contributed by atoms with E-state index in [1.54, 1.807) is 0 Å². The van der Waals surface area contributed by atoms with Crippen molar-refractivity contribution in [2.75, 3.05) is 0 Å². The van der Waals surface area contributed by atoms with Crippen LogP contribution in [0.15, 0.2) is 12.1 Å². The number of benzene rings is 1. The van der Waals surface area contributed by atoms with Crippen molar-refractivity contribution in [3.8, 4) is 0 Å². The molecule has 1 aromatic carbocycles. The lowest BCUT2D eigenvalue weighted by Crippen LogP contribution is -2.30. The molecule has 0 bridgehead atoms. The SMILES string of the molecule is CC(C)(N)c1ccc(C(=O)O)c(F)c1F. The van der Waals surface area contributed by atoms with Crippen molar-refractivity contribution in [3.63, 3.8) is 0 Å². The van der Waals surface area contributed by atoms with Gasteiger partial charge in [0.15, 0.2) is 11.6 Å². The molecule has 0 unspecified atom stereocenters. The molecule has 0 spiro atoms. The molecular formula is C10H11F2NO2. The van der Waals surface area contributed by atoms with Gasteiger partial charge in [-0.05, 0) is 19.9 Å². The lowest BCUT2D eigenvalue weighted by molar-refractivity contribution is 0.0690. The van der Waals surface area contributed by atoms with Crippen molar-refractivity contribution < 1.29 is 18.7 Å². The van der Waals surface area contributed by atoms with E-state index in [0.29, 0.717) is 0 Å². The molecule has 3 nitrogen and oxygen atoms in total. The zero-order valence-electron chi connectivity index (χ0n) is 8.34. The third-order valence-corrected chi connectivity index (χ3v) is 2.01. The Kier molecular flexibility index (Phi) is 2.77. The Bertz CT molecular complexity index is 411. The number of carbonyl (C=O) groups is 1. The van der Waals surface area contributed by atoms with Crippen LogP contribution >= 0.6 is 0 Å². The highest BCUT2D eigenvalue weighted by Gasteiger charge is 2.24. The molecule has 15 heavy (non-hydrogen) atoms. The average Bonchev–Trinajstić information content (AvgIpc) is 2.06. The fourth-order valence-electron chi connectivity index (χ4n) is 1.21. The van der Waals surface area contributed by atoms with Crippen LogP contribution in [-0.2, 0) is 5.54 Å². The summed E-state index contributed by atoms with van der Waals surface area (Å²) >= 11 is 0. The molecule has 0 aromatic heterocycles. The number of halogens is 2. The summed E-state index contributed by atoms with van der Waals surface area (Å²) in [5, 5.41) is 8.55. The van der Waals surface area contributed by atoms with Gasteiger partial charge in [0, 0.05) is 11.1 Å². The van der Waals surface area contributed by atoms with Crippen molar-refractivity contribution in [2.45, 2.75) is 19.4 Å². The van der Waals surface area contributed by atoms with Gasteiger partial charge in [0.1, 0.15) is 0 Å². The summed E-state index contributed by atoms with van der Waals surface area (Å²) in [4.78, 5) is 10.5. The molecule has 0 aliphatic rings. The second-order valence-corrected chi connectivity index (χ2v) is 3.82. The van der Waals surface area contributed by atoms with Gasteiger partial charge in [0.25, 0.3) is 0 Å². The quantitative estimate of drug-likeness (QED) is 0.791. The first-order chi connectivity index (χ1) is 6.75. The summed E-state index contributed by atoms with van der Waals surface area (Å²) in [5.41, 5.74) is 3.80. The van der Waals surface area contributed by atoms with Crippen molar-refractivity contribution >= 4 is 5.97 Å². The van der Waals surface area contributed by atoms with Crippen LogP contribution in [0.4, 0.5) is 8.78 Å². The van der Waals surface area contributed by atoms with Crippen molar-refractivity contribution in [1.29, 1.82) is 0 Å². The molecule has 0 aliphatic heterocycles. The summed E-state index contributed by atoms with van der Waals surface area (Å²) in [7, 11) is 0. The van der Waals surface area contributed by atoms with Crippen LogP contribution in [0.5, 0.6) is 0 Å². The summed E-state index contributed by atoms with van der Waals surface area (Å²) in [5.74, 6) is -4.09. The van der Waals surface area contributed by atoms with Gasteiger partial charge in [-0.2, -0.15) is 0 Å². The molecule has 0 amide bonds. The van der Waals surface area contributed by atoms with Gasteiger partial charge in [-0.15, -0.1) is 0 Å². The first kappa shape index (κ1) is 11.6. The average molecular weight is 215 g/mol. The standard InChI is InChI=1S/C10H11F2NO2/c1-10(2,13)6-4-3-5(9(14)15)7(11)8(6)12/h3-4H,13H2,1-2H3,(H,14,15). The molecule has 0 saturated carbocycles. The highest BCUT2D eigenvalue weighted by atomic mass is 19.2.